The summed E-state index contributed by atoms with van der Waals surface area (Å²) in [5, 5.41) is 3.13. The van der Waals surface area contributed by atoms with Gasteiger partial charge in [0.05, 0.1) is 0 Å². The molecule has 1 rings (SSSR count). The first kappa shape index (κ1) is 14.9. The van der Waals surface area contributed by atoms with Crippen LogP contribution in [0.2, 0.25) is 0 Å². The minimum Gasteiger partial charge on any atom is -0.375 e. The van der Waals surface area contributed by atoms with Gasteiger partial charge in [-0.2, -0.15) is 0 Å². The molecule has 1 aliphatic heterocycles. The highest BCUT2D eigenvalue weighted by atomic mass is 16.5. The summed E-state index contributed by atoms with van der Waals surface area (Å²) in [4.78, 5) is 27.0. The number of carbonyl (C=O) groups is 2. The first-order chi connectivity index (χ1) is 8.69. The van der Waals surface area contributed by atoms with Gasteiger partial charge in [0, 0.05) is 46.3 Å². The van der Waals surface area contributed by atoms with Crippen molar-refractivity contribution in [3.8, 4) is 0 Å². The molecule has 0 saturated carbocycles. The van der Waals surface area contributed by atoms with Crippen molar-refractivity contribution in [3.63, 3.8) is 0 Å². The van der Waals surface area contributed by atoms with E-state index in [9.17, 15) is 9.59 Å². The lowest BCUT2D eigenvalue weighted by molar-refractivity contribution is -0.141. The number of amides is 2. The van der Waals surface area contributed by atoms with Gasteiger partial charge in [0.1, 0.15) is 6.61 Å². The van der Waals surface area contributed by atoms with Crippen molar-refractivity contribution in [2.45, 2.75) is 13.3 Å². The monoisotopic (exact) mass is 257 g/mol. The third kappa shape index (κ3) is 4.62. The quantitative estimate of drug-likeness (QED) is 0.639. The lowest BCUT2D eigenvalue weighted by atomic mass is 10.2. The van der Waals surface area contributed by atoms with Gasteiger partial charge in [0.15, 0.2) is 0 Å². The Balaban J connectivity index is 2.26. The van der Waals surface area contributed by atoms with Gasteiger partial charge in [-0.05, 0) is 6.54 Å². The van der Waals surface area contributed by atoms with Gasteiger partial charge in [-0.25, -0.2) is 0 Å². The van der Waals surface area contributed by atoms with Gasteiger partial charge in [0.2, 0.25) is 11.8 Å². The summed E-state index contributed by atoms with van der Waals surface area (Å²) >= 11 is 0. The van der Waals surface area contributed by atoms with E-state index in [1.807, 2.05) is 11.8 Å². The maximum atomic E-state index is 11.8. The minimum atomic E-state index is -0.00255. The van der Waals surface area contributed by atoms with Crippen molar-refractivity contribution in [3.05, 3.63) is 0 Å². The van der Waals surface area contributed by atoms with Gasteiger partial charge in [0.25, 0.3) is 0 Å². The van der Waals surface area contributed by atoms with Crippen LogP contribution >= 0.6 is 0 Å². The summed E-state index contributed by atoms with van der Waals surface area (Å²) in [6.45, 7) is 6.20. The highest BCUT2D eigenvalue weighted by Gasteiger charge is 2.23. The molecule has 0 aromatic carbocycles. The van der Waals surface area contributed by atoms with Crippen LogP contribution < -0.4 is 5.32 Å². The highest BCUT2D eigenvalue weighted by molar-refractivity contribution is 5.79. The summed E-state index contributed by atoms with van der Waals surface area (Å²) in [6.07, 6.45) is 0.528. The van der Waals surface area contributed by atoms with E-state index >= 15 is 0 Å². The number of nitrogens with one attached hydrogen (secondary N) is 1. The van der Waals surface area contributed by atoms with Gasteiger partial charge < -0.3 is 19.9 Å². The topological polar surface area (TPSA) is 61.9 Å². The second kappa shape index (κ2) is 8.05. The Hall–Kier alpha value is -1.14. The molecule has 1 N–H and O–H groups in total. The Morgan fingerprint density at radius 2 is 1.67 bits per heavy atom. The zero-order valence-corrected chi connectivity index (χ0v) is 11.3. The smallest absolute Gasteiger partial charge is 0.248 e. The lowest BCUT2D eigenvalue weighted by Crippen LogP contribution is -2.51. The largest absolute Gasteiger partial charge is 0.375 e. The van der Waals surface area contributed by atoms with Crippen LogP contribution in [0.4, 0.5) is 0 Å². The van der Waals surface area contributed by atoms with Crippen LogP contribution in [-0.4, -0.2) is 74.6 Å². The van der Waals surface area contributed by atoms with Gasteiger partial charge >= 0.3 is 0 Å². The average Bonchev–Trinajstić information content (AvgIpc) is 2.39. The third-order valence-corrected chi connectivity index (χ3v) is 3.02. The standard InChI is InChI=1S/C12H23N3O3/c1-3-13-5-4-11(16)14-6-8-15(9-7-14)12(17)10-18-2/h13H,3-10H2,1-2H3. The zero-order valence-electron chi connectivity index (χ0n) is 11.3. The van der Waals surface area contributed by atoms with E-state index < -0.39 is 0 Å². The summed E-state index contributed by atoms with van der Waals surface area (Å²) < 4.78 is 4.82. The Morgan fingerprint density at radius 1 is 1.11 bits per heavy atom. The predicted octanol–water partition coefficient (Wildman–Crippen LogP) is -0.697. The molecule has 1 fully saturated rings. The number of carbonyl (C=O) groups excluding carboxylic acids is 2. The molecule has 1 aliphatic rings. The molecule has 1 saturated heterocycles. The summed E-state index contributed by atoms with van der Waals surface area (Å²) in [5.74, 6) is 0.159. The van der Waals surface area contributed by atoms with Crippen LogP contribution in [-0.2, 0) is 14.3 Å². The van der Waals surface area contributed by atoms with Crippen LogP contribution in [0.25, 0.3) is 0 Å². The van der Waals surface area contributed by atoms with Crippen LogP contribution in [0.5, 0.6) is 0 Å². The van der Waals surface area contributed by atoms with Crippen molar-refractivity contribution in [2.24, 2.45) is 0 Å². The fourth-order valence-corrected chi connectivity index (χ4v) is 1.95. The average molecular weight is 257 g/mol. The molecule has 6 heteroatoms. The fraction of sp³-hybridized carbons (Fsp3) is 0.833. The van der Waals surface area contributed by atoms with E-state index in [2.05, 4.69) is 5.32 Å². The molecule has 0 atom stereocenters. The SMILES string of the molecule is CCNCCC(=O)N1CCN(C(=O)COC)CC1. The molecular weight excluding hydrogens is 234 g/mol. The Labute approximate surface area is 108 Å². The van der Waals surface area contributed by atoms with Gasteiger partial charge in [-0.3, -0.25) is 9.59 Å². The molecule has 1 heterocycles. The van der Waals surface area contributed by atoms with E-state index in [-0.39, 0.29) is 18.4 Å². The van der Waals surface area contributed by atoms with E-state index in [1.165, 1.54) is 7.11 Å². The van der Waals surface area contributed by atoms with Crippen molar-refractivity contribution < 1.29 is 14.3 Å². The molecule has 0 radical (unpaired) electrons. The van der Waals surface area contributed by atoms with Gasteiger partial charge in [-0.15, -0.1) is 0 Å². The van der Waals surface area contributed by atoms with Crippen LogP contribution in [0.1, 0.15) is 13.3 Å². The maximum absolute atomic E-state index is 11.8. The number of piperazine rings is 1. The van der Waals surface area contributed by atoms with E-state index in [4.69, 9.17) is 4.74 Å². The molecule has 2 amide bonds. The number of nitrogens with zero attached hydrogens (tertiary/aromatic N) is 2. The van der Waals surface area contributed by atoms with Crippen molar-refractivity contribution in [2.75, 3.05) is 53.0 Å². The van der Waals surface area contributed by atoms with Crippen molar-refractivity contribution in [1.29, 1.82) is 0 Å². The molecule has 104 valence electrons. The number of hydrogen-bond acceptors (Lipinski definition) is 4. The summed E-state index contributed by atoms with van der Waals surface area (Å²) in [5.41, 5.74) is 0. The van der Waals surface area contributed by atoms with E-state index in [0.29, 0.717) is 32.6 Å². The van der Waals surface area contributed by atoms with E-state index in [0.717, 1.165) is 13.1 Å². The van der Waals surface area contributed by atoms with Crippen LogP contribution in [0.3, 0.4) is 0 Å². The van der Waals surface area contributed by atoms with Crippen LogP contribution in [0.15, 0.2) is 0 Å². The summed E-state index contributed by atoms with van der Waals surface area (Å²) in [7, 11) is 1.51. The van der Waals surface area contributed by atoms with Crippen molar-refractivity contribution in [1.82, 2.24) is 15.1 Å². The van der Waals surface area contributed by atoms with Crippen molar-refractivity contribution >= 4 is 11.8 Å². The Kier molecular flexibility index (Phi) is 6.67. The molecule has 0 unspecified atom stereocenters. The number of hydrogen-bond donors (Lipinski definition) is 1. The minimum absolute atomic E-state index is 0.00255. The lowest BCUT2D eigenvalue weighted by Gasteiger charge is -2.34. The summed E-state index contributed by atoms with van der Waals surface area (Å²) in [6, 6.07) is 0. The molecule has 0 aromatic rings. The molecule has 0 aliphatic carbocycles. The number of ether oxygens (including phenoxy) is 1. The molecule has 6 nitrogen and oxygen atoms in total. The Morgan fingerprint density at radius 3 is 2.17 bits per heavy atom. The number of rotatable bonds is 6. The molecular formula is C12H23N3O3. The van der Waals surface area contributed by atoms with Crippen LogP contribution in [0, 0.1) is 0 Å². The first-order valence-corrected chi connectivity index (χ1v) is 6.44. The third-order valence-electron chi connectivity index (χ3n) is 3.02. The highest BCUT2D eigenvalue weighted by Crippen LogP contribution is 2.04. The Bertz CT molecular complexity index is 276. The molecule has 0 spiro atoms. The normalized spacial score (nSPS) is 15.9. The second-order valence-corrected chi connectivity index (χ2v) is 4.30. The fourth-order valence-electron chi connectivity index (χ4n) is 1.95. The zero-order chi connectivity index (χ0) is 13.4. The van der Waals surface area contributed by atoms with Gasteiger partial charge in [-0.1, -0.05) is 6.92 Å². The second-order valence-electron chi connectivity index (χ2n) is 4.30. The molecule has 0 bridgehead atoms. The first-order valence-electron chi connectivity index (χ1n) is 6.44. The molecule has 18 heavy (non-hydrogen) atoms. The maximum Gasteiger partial charge on any atom is 0.248 e. The number of methoxy groups -OCH3 is 1. The predicted molar refractivity (Wildman–Crippen MR) is 68.2 cm³/mol. The van der Waals surface area contributed by atoms with E-state index in [1.54, 1.807) is 4.90 Å². The molecule has 0 aromatic heterocycles.